The minimum atomic E-state index is -0.769. The largest absolute Gasteiger partial charge is 0.354 e. The van der Waals surface area contributed by atoms with E-state index in [4.69, 9.17) is 10.5 Å². The van der Waals surface area contributed by atoms with Crippen molar-refractivity contribution in [3.8, 4) is 12.1 Å². The summed E-state index contributed by atoms with van der Waals surface area (Å²) in [5, 5.41) is 19.8. The molecular formula is C13H13N5O3. The van der Waals surface area contributed by atoms with Crippen molar-refractivity contribution in [1.82, 2.24) is 14.5 Å². The van der Waals surface area contributed by atoms with E-state index in [2.05, 4.69) is 5.32 Å². The van der Waals surface area contributed by atoms with Gasteiger partial charge in [-0.2, -0.15) is 10.5 Å². The quantitative estimate of drug-likeness (QED) is 0.714. The number of nitrogens with one attached hydrogen (secondary N) is 1. The van der Waals surface area contributed by atoms with Gasteiger partial charge in [-0.05, 0) is 12.8 Å². The maximum Gasteiger partial charge on any atom is 0.331 e. The van der Waals surface area contributed by atoms with Crippen LogP contribution in [0.5, 0.6) is 0 Å². The first-order chi connectivity index (χ1) is 10.1. The maximum absolute atomic E-state index is 12.2. The second kappa shape index (κ2) is 6.06. The van der Waals surface area contributed by atoms with E-state index in [9.17, 15) is 14.4 Å². The van der Waals surface area contributed by atoms with Crippen LogP contribution in [0.4, 0.5) is 0 Å². The summed E-state index contributed by atoms with van der Waals surface area (Å²) in [6.07, 6.45) is 3.03. The lowest BCUT2D eigenvalue weighted by molar-refractivity contribution is -0.121. The van der Waals surface area contributed by atoms with E-state index in [1.807, 2.05) is 6.07 Å². The van der Waals surface area contributed by atoms with Crippen molar-refractivity contribution >= 4 is 5.91 Å². The fourth-order valence-corrected chi connectivity index (χ4v) is 1.91. The van der Waals surface area contributed by atoms with Gasteiger partial charge < -0.3 is 5.32 Å². The van der Waals surface area contributed by atoms with Crippen LogP contribution < -0.4 is 16.6 Å². The lowest BCUT2D eigenvalue weighted by atomic mass is 10.3. The Hall–Kier alpha value is -2.87. The number of nitrogens with zero attached hydrogens (tertiary/aromatic N) is 4. The molecule has 0 bridgehead atoms. The molecule has 1 aliphatic carbocycles. The van der Waals surface area contributed by atoms with Crippen LogP contribution in [0.1, 0.15) is 30.9 Å². The van der Waals surface area contributed by atoms with E-state index in [1.165, 1.54) is 10.8 Å². The van der Waals surface area contributed by atoms with E-state index < -0.39 is 23.7 Å². The van der Waals surface area contributed by atoms with Crippen LogP contribution in [0.2, 0.25) is 0 Å². The molecule has 1 fully saturated rings. The molecule has 21 heavy (non-hydrogen) atoms. The highest BCUT2D eigenvalue weighted by Crippen LogP contribution is 2.33. The Morgan fingerprint density at radius 2 is 2.10 bits per heavy atom. The number of carbonyl (C=O) groups excluding carboxylic acids is 1. The van der Waals surface area contributed by atoms with Gasteiger partial charge in [-0.3, -0.25) is 14.2 Å². The first-order valence-corrected chi connectivity index (χ1v) is 6.48. The number of carbonyl (C=O) groups is 1. The van der Waals surface area contributed by atoms with Crippen molar-refractivity contribution in [3.63, 3.8) is 0 Å². The molecule has 1 aliphatic rings. The highest BCUT2D eigenvalue weighted by atomic mass is 16.2. The van der Waals surface area contributed by atoms with Gasteiger partial charge in [0.05, 0.1) is 12.5 Å². The summed E-state index contributed by atoms with van der Waals surface area (Å²) in [7, 11) is 0. The summed E-state index contributed by atoms with van der Waals surface area (Å²) < 4.78 is 2.10. The molecule has 0 aromatic carbocycles. The Morgan fingerprint density at radius 1 is 1.38 bits per heavy atom. The van der Waals surface area contributed by atoms with E-state index in [0.717, 1.165) is 17.4 Å². The zero-order chi connectivity index (χ0) is 15.4. The SMILES string of the molecule is N#CCCNC(=O)Cn1c(=O)c(C#N)cn(C2CC2)c1=O. The molecule has 108 valence electrons. The van der Waals surface area contributed by atoms with Gasteiger partial charge >= 0.3 is 5.69 Å². The second-order valence-electron chi connectivity index (χ2n) is 4.72. The van der Waals surface area contributed by atoms with Crippen molar-refractivity contribution in [2.75, 3.05) is 6.54 Å². The summed E-state index contributed by atoms with van der Waals surface area (Å²) in [5.74, 6) is -0.540. The summed E-state index contributed by atoms with van der Waals surface area (Å²) in [4.78, 5) is 35.8. The molecule has 1 aromatic rings. The van der Waals surface area contributed by atoms with Gasteiger partial charge in [-0.1, -0.05) is 0 Å². The van der Waals surface area contributed by atoms with E-state index in [1.54, 1.807) is 6.07 Å². The van der Waals surface area contributed by atoms with Crippen LogP contribution in [-0.2, 0) is 11.3 Å². The monoisotopic (exact) mass is 287 g/mol. The first kappa shape index (κ1) is 14.5. The fraction of sp³-hybridized carbons (Fsp3) is 0.462. The summed E-state index contributed by atoms with van der Waals surface area (Å²) in [6, 6.07) is 3.61. The van der Waals surface area contributed by atoms with Gasteiger partial charge in [0.25, 0.3) is 5.56 Å². The van der Waals surface area contributed by atoms with E-state index in [-0.39, 0.29) is 24.6 Å². The van der Waals surface area contributed by atoms with Gasteiger partial charge in [-0.25, -0.2) is 9.36 Å². The van der Waals surface area contributed by atoms with Crippen molar-refractivity contribution in [3.05, 3.63) is 32.6 Å². The molecule has 1 N–H and O–H groups in total. The maximum atomic E-state index is 12.2. The molecule has 1 saturated carbocycles. The van der Waals surface area contributed by atoms with Gasteiger partial charge in [0.1, 0.15) is 18.2 Å². The normalized spacial score (nSPS) is 13.2. The van der Waals surface area contributed by atoms with Crippen LogP contribution in [0, 0.1) is 22.7 Å². The molecule has 1 heterocycles. The summed E-state index contributed by atoms with van der Waals surface area (Å²) in [6.45, 7) is -0.301. The number of rotatable bonds is 5. The van der Waals surface area contributed by atoms with E-state index in [0.29, 0.717) is 0 Å². The predicted octanol–water partition coefficient (Wildman–Crippen LogP) is -0.754. The molecule has 1 aromatic heterocycles. The Balaban J connectivity index is 2.30. The van der Waals surface area contributed by atoms with Crippen LogP contribution in [0.3, 0.4) is 0 Å². The van der Waals surface area contributed by atoms with Crippen molar-refractivity contribution < 1.29 is 4.79 Å². The lowest BCUT2D eigenvalue weighted by Gasteiger charge is -2.10. The third-order valence-electron chi connectivity index (χ3n) is 3.12. The third kappa shape index (κ3) is 3.18. The van der Waals surface area contributed by atoms with Crippen molar-refractivity contribution in [2.24, 2.45) is 0 Å². The van der Waals surface area contributed by atoms with Gasteiger partial charge in [0.2, 0.25) is 5.91 Å². The summed E-state index contributed by atoms with van der Waals surface area (Å²) >= 11 is 0. The number of amides is 1. The second-order valence-corrected chi connectivity index (χ2v) is 4.72. The topological polar surface area (TPSA) is 121 Å². The van der Waals surface area contributed by atoms with Gasteiger partial charge in [-0.15, -0.1) is 0 Å². The Labute approximate surface area is 119 Å². The number of hydrogen-bond acceptors (Lipinski definition) is 5. The molecular weight excluding hydrogens is 274 g/mol. The van der Waals surface area contributed by atoms with Gasteiger partial charge in [0.15, 0.2) is 0 Å². The lowest BCUT2D eigenvalue weighted by Crippen LogP contribution is -2.44. The number of hydrogen-bond donors (Lipinski definition) is 1. The Bertz CT molecular complexity index is 758. The van der Waals surface area contributed by atoms with Crippen LogP contribution >= 0.6 is 0 Å². The van der Waals surface area contributed by atoms with Gasteiger partial charge in [0, 0.05) is 18.8 Å². The molecule has 0 unspecified atom stereocenters. The predicted molar refractivity (Wildman–Crippen MR) is 71.2 cm³/mol. The fourth-order valence-electron chi connectivity index (χ4n) is 1.91. The zero-order valence-electron chi connectivity index (χ0n) is 11.2. The number of nitriles is 2. The van der Waals surface area contributed by atoms with E-state index >= 15 is 0 Å². The average molecular weight is 287 g/mol. The van der Waals surface area contributed by atoms with Crippen molar-refractivity contribution in [2.45, 2.75) is 31.8 Å². The average Bonchev–Trinajstić information content (AvgIpc) is 3.28. The highest BCUT2D eigenvalue weighted by molar-refractivity contribution is 5.75. The minimum Gasteiger partial charge on any atom is -0.354 e. The van der Waals surface area contributed by atoms with Crippen LogP contribution in [0.25, 0.3) is 0 Å². The molecule has 0 atom stereocenters. The molecule has 8 heteroatoms. The standard InChI is InChI=1S/C13H13N5O3/c14-4-1-5-16-11(19)8-18-12(20)9(6-15)7-17(13(18)21)10-2-3-10/h7,10H,1-3,5,8H2,(H,16,19). The molecule has 1 amide bonds. The van der Waals surface area contributed by atoms with Crippen molar-refractivity contribution in [1.29, 1.82) is 10.5 Å². The number of aromatic nitrogens is 2. The molecule has 2 rings (SSSR count). The molecule has 0 saturated heterocycles. The van der Waals surface area contributed by atoms with Crippen LogP contribution in [-0.4, -0.2) is 21.6 Å². The van der Waals surface area contributed by atoms with Crippen LogP contribution in [0.15, 0.2) is 15.8 Å². The third-order valence-corrected chi connectivity index (χ3v) is 3.12. The Kier molecular flexibility index (Phi) is 4.19. The zero-order valence-corrected chi connectivity index (χ0v) is 11.2. The smallest absolute Gasteiger partial charge is 0.331 e. The first-order valence-electron chi connectivity index (χ1n) is 6.48. The molecule has 8 nitrogen and oxygen atoms in total. The minimum absolute atomic E-state index is 0.00176. The highest BCUT2D eigenvalue weighted by Gasteiger charge is 2.27. The molecule has 0 radical (unpaired) electrons. The molecule has 0 spiro atoms. The molecule has 0 aliphatic heterocycles. The Morgan fingerprint density at radius 3 is 2.67 bits per heavy atom. The summed E-state index contributed by atoms with van der Waals surface area (Å²) in [5.41, 5.74) is -1.52.